The molecule has 0 fully saturated rings. The molecule has 97 valence electrons. The zero-order chi connectivity index (χ0) is 13.9. The van der Waals surface area contributed by atoms with Gasteiger partial charge in [-0.1, -0.05) is 24.3 Å². The highest BCUT2D eigenvalue weighted by molar-refractivity contribution is 5.68. The summed E-state index contributed by atoms with van der Waals surface area (Å²) in [5.41, 5.74) is 0.977. The second-order valence-corrected chi connectivity index (χ2v) is 4.12. The van der Waals surface area contributed by atoms with Crippen LogP contribution in [0.15, 0.2) is 48.5 Å². The van der Waals surface area contributed by atoms with Gasteiger partial charge in [0.25, 0.3) is 0 Å². The molecule has 0 saturated heterocycles. The molecule has 3 rings (SSSR count). The van der Waals surface area contributed by atoms with Gasteiger partial charge in [-0.2, -0.15) is 0 Å². The van der Waals surface area contributed by atoms with Crippen LogP contribution in [0, 0.1) is 6.33 Å². The van der Waals surface area contributed by atoms with Crippen LogP contribution in [-0.4, -0.2) is 25.2 Å². The predicted molar refractivity (Wildman–Crippen MR) is 72.9 cm³/mol. The van der Waals surface area contributed by atoms with E-state index < -0.39 is 0 Å². The Balaban J connectivity index is 2.12. The van der Waals surface area contributed by atoms with E-state index in [1.165, 1.54) is 0 Å². The van der Waals surface area contributed by atoms with Gasteiger partial charge >= 0.3 is 0 Å². The Morgan fingerprint density at radius 3 is 1.60 bits per heavy atom. The van der Waals surface area contributed by atoms with Crippen molar-refractivity contribution in [1.29, 1.82) is 0 Å². The zero-order valence-electron chi connectivity index (χ0n) is 10.4. The molecule has 0 aliphatic rings. The van der Waals surface area contributed by atoms with Crippen LogP contribution in [0.1, 0.15) is 0 Å². The highest BCUT2D eigenvalue weighted by Gasteiger charge is 2.11. The fraction of sp³-hybridized carbons (Fsp3) is 0. The third-order valence-electron chi connectivity index (χ3n) is 2.81. The standard InChI is InChI=1S/C15H10N3O2/c19-12-7-3-1-5-10(12)14-16-9-17-15(18-14)11-6-2-4-8-13(11)20/h1-8,19-20H. The van der Waals surface area contributed by atoms with Crippen LogP contribution in [-0.2, 0) is 0 Å². The van der Waals surface area contributed by atoms with E-state index in [0.717, 1.165) is 0 Å². The normalized spacial score (nSPS) is 10.4. The average Bonchev–Trinajstić information content (AvgIpc) is 2.48. The number of phenolic OH excluding ortho intramolecular Hbond substituents is 2. The monoisotopic (exact) mass is 264 g/mol. The molecule has 0 amide bonds. The molecule has 1 aromatic heterocycles. The van der Waals surface area contributed by atoms with Crippen LogP contribution in [0.25, 0.3) is 22.8 Å². The van der Waals surface area contributed by atoms with Crippen molar-refractivity contribution in [3.63, 3.8) is 0 Å². The summed E-state index contributed by atoms with van der Waals surface area (Å²) in [4.78, 5) is 12.1. The minimum Gasteiger partial charge on any atom is -0.507 e. The van der Waals surface area contributed by atoms with Gasteiger partial charge in [0.1, 0.15) is 11.5 Å². The summed E-state index contributed by atoms with van der Waals surface area (Å²) in [5.74, 6) is 0.762. The Kier molecular flexibility index (Phi) is 3.01. The van der Waals surface area contributed by atoms with Gasteiger partial charge in [0.2, 0.25) is 6.33 Å². The fourth-order valence-electron chi connectivity index (χ4n) is 1.84. The van der Waals surface area contributed by atoms with Crippen LogP contribution >= 0.6 is 0 Å². The van der Waals surface area contributed by atoms with Crippen molar-refractivity contribution in [3.05, 3.63) is 54.9 Å². The van der Waals surface area contributed by atoms with Crippen molar-refractivity contribution in [2.45, 2.75) is 0 Å². The van der Waals surface area contributed by atoms with E-state index in [1.54, 1.807) is 48.5 Å². The summed E-state index contributed by atoms with van der Waals surface area (Å²) in [6.07, 6.45) is 2.50. The van der Waals surface area contributed by atoms with Crippen LogP contribution in [0.2, 0.25) is 0 Å². The molecule has 2 aromatic carbocycles. The summed E-state index contributed by atoms with van der Waals surface area (Å²) in [6.45, 7) is 0. The van der Waals surface area contributed by atoms with Gasteiger partial charge in [0, 0.05) is 0 Å². The van der Waals surface area contributed by atoms with E-state index in [9.17, 15) is 10.2 Å². The molecule has 5 nitrogen and oxygen atoms in total. The molecule has 0 spiro atoms. The molecule has 0 unspecified atom stereocenters. The molecule has 5 heteroatoms. The van der Waals surface area contributed by atoms with E-state index in [-0.39, 0.29) is 11.5 Å². The zero-order valence-corrected chi connectivity index (χ0v) is 10.4. The van der Waals surface area contributed by atoms with Crippen molar-refractivity contribution in [1.82, 2.24) is 15.0 Å². The van der Waals surface area contributed by atoms with Crippen molar-refractivity contribution >= 4 is 0 Å². The molecule has 0 aliphatic carbocycles. The quantitative estimate of drug-likeness (QED) is 0.743. The smallest absolute Gasteiger partial charge is 0.202 e. The Hall–Kier alpha value is -2.95. The SMILES string of the molecule is Oc1ccccc1-c1n[c]nc(-c2ccccc2O)n1. The largest absolute Gasteiger partial charge is 0.507 e. The van der Waals surface area contributed by atoms with Gasteiger partial charge in [0.15, 0.2) is 11.6 Å². The Bertz CT molecular complexity index is 699. The molecule has 0 bridgehead atoms. The second-order valence-electron chi connectivity index (χ2n) is 4.12. The van der Waals surface area contributed by atoms with E-state index >= 15 is 0 Å². The summed E-state index contributed by atoms with van der Waals surface area (Å²) < 4.78 is 0. The lowest BCUT2D eigenvalue weighted by atomic mass is 10.1. The first-order valence-corrected chi connectivity index (χ1v) is 5.94. The first-order chi connectivity index (χ1) is 9.75. The van der Waals surface area contributed by atoms with E-state index in [4.69, 9.17) is 0 Å². The number of phenols is 2. The molecule has 1 radical (unpaired) electrons. The van der Waals surface area contributed by atoms with Crippen LogP contribution < -0.4 is 0 Å². The summed E-state index contributed by atoms with van der Waals surface area (Å²) in [5, 5.41) is 19.6. The molecule has 20 heavy (non-hydrogen) atoms. The molecule has 1 heterocycles. The highest BCUT2D eigenvalue weighted by Crippen LogP contribution is 2.29. The number of aromatic nitrogens is 3. The number of nitrogens with zero attached hydrogens (tertiary/aromatic N) is 3. The topological polar surface area (TPSA) is 79.1 Å². The Morgan fingerprint density at radius 2 is 1.15 bits per heavy atom. The number of hydrogen-bond acceptors (Lipinski definition) is 5. The van der Waals surface area contributed by atoms with Gasteiger partial charge < -0.3 is 10.2 Å². The summed E-state index contributed by atoms with van der Waals surface area (Å²) in [7, 11) is 0. The lowest BCUT2D eigenvalue weighted by Gasteiger charge is -2.05. The van der Waals surface area contributed by atoms with E-state index in [1.807, 2.05) is 0 Å². The minimum atomic E-state index is 0.0790. The minimum absolute atomic E-state index is 0.0790. The van der Waals surface area contributed by atoms with Gasteiger partial charge in [-0.25, -0.2) is 15.0 Å². The van der Waals surface area contributed by atoms with Crippen molar-refractivity contribution in [2.75, 3.05) is 0 Å². The Morgan fingerprint density at radius 1 is 0.700 bits per heavy atom. The van der Waals surface area contributed by atoms with Crippen molar-refractivity contribution in [3.8, 4) is 34.3 Å². The number of aromatic hydroxyl groups is 2. The summed E-state index contributed by atoms with van der Waals surface area (Å²) in [6, 6.07) is 13.5. The van der Waals surface area contributed by atoms with Crippen LogP contribution in [0.4, 0.5) is 0 Å². The molecule has 0 aliphatic heterocycles. The molecular weight excluding hydrogens is 254 g/mol. The molecule has 0 saturated carbocycles. The van der Waals surface area contributed by atoms with Gasteiger partial charge in [0.05, 0.1) is 11.1 Å². The molecule has 2 N–H and O–H groups in total. The molecule has 0 atom stereocenters. The fourth-order valence-corrected chi connectivity index (χ4v) is 1.84. The lowest BCUT2D eigenvalue weighted by molar-refractivity contribution is 0.477. The maximum absolute atomic E-state index is 9.82. The van der Waals surface area contributed by atoms with Gasteiger partial charge in [-0.3, -0.25) is 0 Å². The number of para-hydroxylation sites is 2. The first-order valence-electron chi connectivity index (χ1n) is 5.94. The molecular formula is C15H10N3O2. The van der Waals surface area contributed by atoms with Crippen molar-refractivity contribution in [2.24, 2.45) is 0 Å². The van der Waals surface area contributed by atoms with E-state index in [2.05, 4.69) is 21.3 Å². The van der Waals surface area contributed by atoms with Crippen LogP contribution in [0.3, 0.4) is 0 Å². The maximum atomic E-state index is 9.82. The number of rotatable bonds is 2. The predicted octanol–water partition coefficient (Wildman–Crippen LogP) is 2.42. The van der Waals surface area contributed by atoms with Gasteiger partial charge in [-0.15, -0.1) is 0 Å². The average molecular weight is 264 g/mol. The van der Waals surface area contributed by atoms with Gasteiger partial charge in [-0.05, 0) is 24.3 Å². The first kappa shape index (κ1) is 12.1. The second kappa shape index (κ2) is 4.97. The number of benzene rings is 2. The third-order valence-corrected chi connectivity index (χ3v) is 2.81. The number of hydrogen-bond donors (Lipinski definition) is 2. The Labute approximate surface area is 115 Å². The molecule has 3 aromatic rings. The lowest BCUT2D eigenvalue weighted by Crippen LogP contribution is -1.96. The third kappa shape index (κ3) is 2.16. The summed E-state index contributed by atoms with van der Waals surface area (Å²) >= 11 is 0. The maximum Gasteiger partial charge on any atom is 0.202 e. The van der Waals surface area contributed by atoms with Crippen LogP contribution in [0.5, 0.6) is 11.5 Å². The highest BCUT2D eigenvalue weighted by atomic mass is 16.3. The van der Waals surface area contributed by atoms with Crippen molar-refractivity contribution < 1.29 is 10.2 Å². The van der Waals surface area contributed by atoms with E-state index in [0.29, 0.717) is 22.8 Å².